The van der Waals surface area contributed by atoms with Gasteiger partial charge in [0.15, 0.2) is 0 Å². The topological polar surface area (TPSA) is 97.5 Å². The molecule has 0 atom stereocenters. The highest BCUT2D eigenvalue weighted by molar-refractivity contribution is 6.02. The van der Waals surface area contributed by atoms with Gasteiger partial charge in [-0.1, -0.05) is 0 Å². The quantitative estimate of drug-likeness (QED) is 0.528. The summed E-state index contributed by atoms with van der Waals surface area (Å²) in [6.45, 7) is 0. The highest BCUT2D eigenvalue weighted by Crippen LogP contribution is 2.36. The zero-order valence-corrected chi connectivity index (χ0v) is 14.6. The number of methoxy groups -OCH3 is 1. The lowest BCUT2D eigenvalue weighted by Gasteiger charge is -2.15. The third-order valence-corrected chi connectivity index (χ3v) is 4.21. The van der Waals surface area contributed by atoms with Crippen LogP contribution in [0, 0.1) is 5.82 Å². The molecule has 140 valence electrons. The standard InChI is InChI=1S/C20H14FN3O4/c1-27-12-3-5-17(14(9-12)20(25)26)24-18-13-8-11(21)2-4-16(13)23-10-15(18)19-22-6-7-28-19/h2-10H,1H3,(H,23,24)(H,25,26). The van der Waals surface area contributed by atoms with Crippen LogP contribution in [0.3, 0.4) is 0 Å². The van der Waals surface area contributed by atoms with Crippen molar-refractivity contribution in [2.45, 2.75) is 0 Å². The van der Waals surface area contributed by atoms with Crippen LogP contribution in [-0.2, 0) is 0 Å². The molecule has 2 heterocycles. The van der Waals surface area contributed by atoms with Crippen LogP contribution in [0.25, 0.3) is 22.4 Å². The molecular weight excluding hydrogens is 365 g/mol. The van der Waals surface area contributed by atoms with E-state index in [1.807, 2.05) is 0 Å². The molecule has 0 bridgehead atoms. The second kappa shape index (κ2) is 6.99. The van der Waals surface area contributed by atoms with E-state index < -0.39 is 11.8 Å². The highest BCUT2D eigenvalue weighted by Gasteiger charge is 2.18. The molecule has 2 N–H and O–H groups in total. The number of nitrogens with one attached hydrogen (secondary N) is 1. The lowest BCUT2D eigenvalue weighted by atomic mass is 10.1. The second-order valence-corrected chi connectivity index (χ2v) is 5.89. The molecule has 4 rings (SSSR count). The van der Waals surface area contributed by atoms with E-state index in [0.29, 0.717) is 33.6 Å². The average Bonchev–Trinajstić information content (AvgIpc) is 3.23. The normalized spacial score (nSPS) is 10.8. The van der Waals surface area contributed by atoms with E-state index in [1.165, 1.54) is 37.8 Å². The Balaban J connectivity index is 1.94. The van der Waals surface area contributed by atoms with Gasteiger partial charge in [0.25, 0.3) is 0 Å². The van der Waals surface area contributed by atoms with Crippen LogP contribution in [0.4, 0.5) is 15.8 Å². The molecule has 0 unspecified atom stereocenters. The third-order valence-electron chi connectivity index (χ3n) is 4.21. The number of halogens is 1. The summed E-state index contributed by atoms with van der Waals surface area (Å²) < 4.78 is 24.4. The van der Waals surface area contributed by atoms with Crippen LogP contribution >= 0.6 is 0 Å². The Morgan fingerprint density at radius 3 is 2.79 bits per heavy atom. The smallest absolute Gasteiger partial charge is 0.337 e. The van der Waals surface area contributed by atoms with Gasteiger partial charge in [-0.25, -0.2) is 14.2 Å². The first-order valence-corrected chi connectivity index (χ1v) is 8.23. The number of aromatic carboxylic acids is 1. The van der Waals surface area contributed by atoms with Crippen molar-refractivity contribution in [2.24, 2.45) is 0 Å². The number of aromatic nitrogens is 2. The molecule has 28 heavy (non-hydrogen) atoms. The van der Waals surface area contributed by atoms with Crippen molar-refractivity contribution < 1.29 is 23.4 Å². The van der Waals surface area contributed by atoms with E-state index in [-0.39, 0.29) is 11.5 Å². The molecule has 4 aromatic rings. The number of nitrogens with zero attached hydrogens (tertiary/aromatic N) is 2. The number of hydrogen-bond acceptors (Lipinski definition) is 6. The minimum absolute atomic E-state index is 0.000862. The van der Waals surface area contributed by atoms with Crippen LogP contribution in [0.1, 0.15) is 10.4 Å². The second-order valence-electron chi connectivity index (χ2n) is 5.89. The number of rotatable bonds is 5. The lowest BCUT2D eigenvalue weighted by molar-refractivity contribution is 0.0697. The Morgan fingerprint density at radius 1 is 1.21 bits per heavy atom. The molecule has 0 saturated carbocycles. The van der Waals surface area contributed by atoms with Gasteiger partial charge < -0.3 is 19.6 Å². The Kier molecular flexibility index (Phi) is 4.36. The van der Waals surface area contributed by atoms with Crippen molar-refractivity contribution in [3.63, 3.8) is 0 Å². The van der Waals surface area contributed by atoms with Crippen LogP contribution in [0.15, 0.2) is 59.5 Å². The summed E-state index contributed by atoms with van der Waals surface area (Å²) in [5.74, 6) is -0.910. The maximum atomic E-state index is 13.9. The number of anilines is 2. The molecule has 0 aliphatic heterocycles. The zero-order valence-electron chi connectivity index (χ0n) is 14.6. The van der Waals surface area contributed by atoms with Gasteiger partial charge in [0.05, 0.1) is 41.3 Å². The molecule has 0 spiro atoms. The molecule has 7 nitrogen and oxygen atoms in total. The van der Waals surface area contributed by atoms with E-state index in [9.17, 15) is 14.3 Å². The van der Waals surface area contributed by atoms with Gasteiger partial charge in [-0.2, -0.15) is 0 Å². The number of oxazole rings is 1. The minimum atomic E-state index is -1.14. The molecular formula is C20H14FN3O4. The van der Waals surface area contributed by atoms with Crippen molar-refractivity contribution in [2.75, 3.05) is 12.4 Å². The predicted molar refractivity (Wildman–Crippen MR) is 100 cm³/mol. The summed E-state index contributed by atoms with van der Waals surface area (Å²) >= 11 is 0. The molecule has 0 radical (unpaired) electrons. The number of hydrogen-bond donors (Lipinski definition) is 2. The Hall–Kier alpha value is -3.94. The average molecular weight is 379 g/mol. The first-order chi connectivity index (χ1) is 13.6. The van der Waals surface area contributed by atoms with E-state index in [0.717, 1.165) is 0 Å². The van der Waals surface area contributed by atoms with Gasteiger partial charge in [-0.15, -0.1) is 0 Å². The molecule has 0 amide bonds. The molecule has 0 saturated heterocycles. The molecule has 0 fully saturated rings. The van der Waals surface area contributed by atoms with Crippen LogP contribution in [-0.4, -0.2) is 28.2 Å². The monoisotopic (exact) mass is 379 g/mol. The summed E-state index contributed by atoms with van der Waals surface area (Å²) in [6.07, 6.45) is 4.42. The van der Waals surface area contributed by atoms with Gasteiger partial charge in [-0.05, 0) is 36.4 Å². The maximum absolute atomic E-state index is 13.9. The number of carbonyl (C=O) groups is 1. The maximum Gasteiger partial charge on any atom is 0.337 e. The Morgan fingerprint density at radius 2 is 2.07 bits per heavy atom. The fraction of sp³-hybridized carbons (Fsp3) is 0.0500. The van der Waals surface area contributed by atoms with Gasteiger partial charge in [0.1, 0.15) is 17.8 Å². The van der Waals surface area contributed by atoms with E-state index in [2.05, 4.69) is 15.3 Å². The van der Waals surface area contributed by atoms with Gasteiger partial charge in [-0.3, -0.25) is 4.98 Å². The number of pyridine rings is 1. The van der Waals surface area contributed by atoms with Crippen molar-refractivity contribution in [1.82, 2.24) is 9.97 Å². The largest absolute Gasteiger partial charge is 0.497 e. The lowest BCUT2D eigenvalue weighted by Crippen LogP contribution is -2.05. The third kappa shape index (κ3) is 3.11. The minimum Gasteiger partial charge on any atom is -0.497 e. The fourth-order valence-corrected chi connectivity index (χ4v) is 2.89. The first-order valence-electron chi connectivity index (χ1n) is 8.23. The Labute approximate surface area is 158 Å². The Bertz CT molecular complexity index is 1180. The number of benzene rings is 2. The summed E-state index contributed by atoms with van der Waals surface area (Å²) in [4.78, 5) is 20.2. The highest BCUT2D eigenvalue weighted by atomic mass is 19.1. The van der Waals surface area contributed by atoms with E-state index in [4.69, 9.17) is 9.15 Å². The number of ether oxygens (including phenoxy) is 1. The molecule has 0 aliphatic rings. The number of carboxylic acids is 1. The van der Waals surface area contributed by atoms with E-state index in [1.54, 1.807) is 24.4 Å². The fourth-order valence-electron chi connectivity index (χ4n) is 2.89. The predicted octanol–water partition coefficient (Wildman–Crippen LogP) is 4.48. The summed E-state index contributed by atoms with van der Waals surface area (Å²) in [5, 5.41) is 13.1. The molecule has 2 aromatic heterocycles. The van der Waals surface area contributed by atoms with Crippen molar-refractivity contribution >= 4 is 28.2 Å². The molecule has 2 aromatic carbocycles. The number of fused-ring (bicyclic) bond motifs is 1. The van der Waals surface area contributed by atoms with Crippen LogP contribution in [0.5, 0.6) is 5.75 Å². The zero-order chi connectivity index (χ0) is 19.7. The van der Waals surface area contributed by atoms with Gasteiger partial charge in [0, 0.05) is 11.6 Å². The van der Waals surface area contributed by atoms with Crippen molar-refractivity contribution in [1.29, 1.82) is 0 Å². The number of carboxylic acid groups (broad SMARTS) is 1. The summed E-state index contributed by atoms with van der Waals surface area (Å²) in [5.41, 5.74) is 1.73. The van der Waals surface area contributed by atoms with Gasteiger partial charge >= 0.3 is 5.97 Å². The molecule has 8 heteroatoms. The van der Waals surface area contributed by atoms with Crippen molar-refractivity contribution in [3.8, 4) is 17.2 Å². The van der Waals surface area contributed by atoms with Crippen LogP contribution in [0.2, 0.25) is 0 Å². The summed E-state index contributed by atoms with van der Waals surface area (Å²) in [7, 11) is 1.45. The van der Waals surface area contributed by atoms with Crippen molar-refractivity contribution in [3.05, 3.63) is 66.4 Å². The van der Waals surface area contributed by atoms with E-state index >= 15 is 0 Å². The SMILES string of the molecule is COc1ccc(Nc2c(-c3ncco3)cnc3ccc(F)cc23)c(C(=O)O)c1. The van der Waals surface area contributed by atoms with Crippen LogP contribution < -0.4 is 10.1 Å². The first kappa shape index (κ1) is 17.5. The summed E-state index contributed by atoms with van der Waals surface area (Å²) in [6, 6.07) is 8.78. The molecule has 0 aliphatic carbocycles. The van der Waals surface area contributed by atoms with Gasteiger partial charge in [0.2, 0.25) is 5.89 Å².